The second-order valence-corrected chi connectivity index (χ2v) is 5.17. The van der Waals surface area contributed by atoms with Crippen LogP contribution in [0.15, 0.2) is 4.52 Å². The first-order chi connectivity index (χ1) is 8.34. The van der Waals surface area contributed by atoms with Crippen LogP contribution in [-0.2, 0) is 0 Å². The lowest BCUT2D eigenvalue weighted by atomic mass is 10.1. The Hall–Kier alpha value is -0.940. The zero-order chi connectivity index (χ0) is 11.7. The normalized spacial score (nSPS) is 27.7. The Morgan fingerprint density at radius 3 is 2.94 bits per heavy atom. The zero-order valence-corrected chi connectivity index (χ0v) is 10.4. The van der Waals surface area contributed by atoms with Crippen LogP contribution in [0.3, 0.4) is 0 Å². The van der Waals surface area contributed by atoms with Crippen LogP contribution < -0.4 is 5.32 Å². The van der Waals surface area contributed by atoms with Crippen LogP contribution in [0.2, 0.25) is 0 Å². The molecule has 2 heterocycles. The molecule has 1 N–H and O–H groups in total. The third-order valence-electron chi connectivity index (χ3n) is 3.97. The van der Waals surface area contributed by atoms with Gasteiger partial charge in [-0.2, -0.15) is 4.98 Å². The predicted octanol–water partition coefficient (Wildman–Crippen LogP) is 1.30. The predicted molar refractivity (Wildman–Crippen MR) is 63.7 cm³/mol. The lowest BCUT2D eigenvalue weighted by molar-refractivity contribution is 0.190. The molecule has 1 aliphatic heterocycles. The maximum atomic E-state index is 5.43. The molecule has 5 heteroatoms. The Morgan fingerprint density at radius 2 is 2.18 bits per heavy atom. The molecule has 1 aromatic heterocycles. The summed E-state index contributed by atoms with van der Waals surface area (Å²) in [7, 11) is 2.12. The van der Waals surface area contributed by atoms with Gasteiger partial charge in [-0.1, -0.05) is 18.0 Å². The van der Waals surface area contributed by atoms with E-state index in [9.17, 15) is 0 Å². The molecule has 2 fully saturated rings. The standard InChI is InChI=1S/C12H20N4O/c1-16-7-6-13-8-10(16)11-14-12(17-15-11)9-4-2-3-5-9/h9-10,13H,2-8H2,1H3. The fourth-order valence-corrected chi connectivity index (χ4v) is 2.82. The molecule has 0 spiro atoms. The first-order valence-corrected chi connectivity index (χ1v) is 6.59. The highest BCUT2D eigenvalue weighted by atomic mass is 16.5. The van der Waals surface area contributed by atoms with Crippen molar-refractivity contribution >= 4 is 0 Å². The van der Waals surface area contributed by atoms with Gasteiger partial charge in [0, 0.05) is 25.6 Å². The second-order valence-electron chi connectivity index (χ2n) is 5.17. The number of aromatic nitrogens is 2. The first-order valence-electron chi connectivity index (χ1n) is 6.59. The lowest BCUT2D eigenvalue weighted by Crippen LogP contribution is -2.44. The Bertz CT molecular complexity index is 372. The molecule has 1 aliphatic carbocycles. The van der Waals surface area contributed by atoms with E-state index in [0.29, 0.717) is 5.92 Å². The highest BCUT2D eigenvalue weighted by Crippen LogP contribution is 2.33. The Morgan fingerprint density at radius 1 is 1.35 bits per heavy atom. The van der Waals surface area contributed by atoms with Crippen molar-refractivity contribution in [1.29, 1.82) is 0 Å². The average Bonchev–Trinajstić information content (AvgIpc) is 3.00. The number of hydrogen-bond acceptors (Lipinski definition) is 5. The van der Waals surface area contributed by atoms with Crippen molar-refractivity contribution in [3.8, 4) is 0 Å². The highest BCUT2D eigenvalue weighted by molar-refractivity contribution is 5.01. The summed E-state index contributed by atoms with van der Waals surface area (Å²) in [6.07, 6.45) is 5.02. The number of rotatable bonds is 2. The fraction of sp³-hybridized carbons (Fsp3) is 0.833. The molecule has 1 saturated carbocycles. The van der Waals surface area contributed by atoms with Crippen LogP contribution in [0.5, 0.6) is 0 Å². The van der Waals surface area contributed by atoms with E-state index >= 15 is 0 Å². The van der Waals surface area contributed by atoms with Gasteiger partial charge in [0.15, 0.2) is 5.82 Å². The van der Waals surface area contributed by atoms with Crippen LogP contribution in [-0.4, -0.2) is 41.7 Å². The minimum atomic E-state index is 0.266. The molecule has 5 nitrogen and oxygen atoms in total. The monoisotopic (exact) mass is 236 g/mol. The van der Waals surface area contributed by atoms with Gasteiger partial charge in [0.2, 0.25) is 5.89 Å². The molecule has 0 radical (unpaired) electrons. The van der Waals surface area contributed by atoms with Crippen LogP contribution >= 0.6 is 0 Å². The van der Waals surface area contributed by atoms with Crippen LogP contribution in [0.1, 0.15) is 49.4 Å². The van der Waals surface area contributed by atoms with Gasteiger partial charge in [0.05, 0.1) is 6.04 Å². The summed E-state index contributed by atoms with van der Waals surface area (Å²) in [5.74, 6) is 2.22. The Kier molecular flexibility index (Phi) is 3.11. The Labute approximate surface area is 102 Å². The van der Waals surface area contributed by atoms with E-state index in [1.807, 2.05) is 0 Å². The summed E-state index contributed by atoms with van der Waals surface area (Å²) >= 11 is 0. The summed E-state index contributed by atoms with van der Waals surface area (Å²) in [5, 5.41) is 7.55. The van der Waals surface area contributed by atoms with Gasteiger partial charge in [-0.3, -0.25) is 4.90 Å². The molecular formula is C12H20N4O. The van der Waals surface area contributed by atoms with Gasteiger partial charge in [0.25, 0.3) is 0 Å². The van der Waals surface area contributed by atoms with E-state index in [2.05, 4.69) is 27.4 Å². The van der Waals surface area contributed by atoms with E-state index in [4.69, 9.17) is 4.52 Å². The maximum absolute atomic E-state index is 5.43. The van der Waals surface area contributed by atoms with E-state index in [0.717, 1.165) is 31.3 Å². The zero-order valence-electron chi connectivity index (χ0n) is 10.4. The van der Waals surface area contributed by atoms with Gasteiger partial charge in [0.1, 0.15) is 0 Å². The van der Waals surface area contributed by atoms with Gasteiger partial charge in [-0.25, -0.2) is 0 Å². The smallest absolute Gasteiger partial charge is 0.229 e. The molecule has 94 valence electrons. The molecule has 1 unspecified atom stereocenters. The average molecular weight is 236 g/mol. The van der Waals surface area contributed by atoms with Crippen molar-refractivity contribution in [3.63, 3.8) is 0 Å². The topological polar surface area (TPSA) is 54.2 Å². The van der Waals surface area contributed by atoms with Crippen molar-refractivity contribution < 1.29 is 4.52 Å². The third kappa shape index (κ3) is 2.21. The number of nitrogens with zero attached hydrogens (tertiary/aromatic N) is 3. The van der Waals surface area contributed by atoms with Gasteiger partial charge < -0.3 is 9.84 Å². The van der Waals surface area contributed by atoms with Crippen LogP contribution in [0, 0.1) is 0 Å². The number of piperazine rings is 1. The molecule has 0 amide bonds. The Balaban J connectivity index is 1.74. The molecule has 17 heavy (non-hydrogen) atoms. The summed E-state index contributed by atoms with van der Waals surface area (Å²) < 4.78 is 5.43. The minimum absolute atomic E-state index is 0.266. The van der Waals surface area contributed by atoms with E-state index in [1.54, 1.807) is 0 Å². The molecular weight excluding hydrogens is 216 g/mol. The van der Waals surface area contributed by atoms with Gasteiger partial charge in [-0.15, -0.1) is 0 Å². The van der Waals surface area contributed by atoms with Crippen molar-refractivity contribution in [2.45, 2.75) is 37.6 Å². The van der Waals surface area contributed by atoms with E-state index in [1.165, 1.54) is 25.7 Å². The minimum Gasteiger partial charge on any atom is -0.339 e. The van der Waals surface area contributed by atoms with Crippen molar-refractivity contribution in [1.82, 2.24) is 20.4 Å². The summed E-state index contributed by atoms with van der Waals surface area (Å²) in [6.45, 7) is 3.00. The molecule has 0 bridgehead atoms. The number of likely N-dealkylation sites (N-methyl/N-ethyl adjacent to an activating group) is 1. The largest absolute Gasteiger partial charge is 0.339 e. The van der Waals surface area contributed by atoms with Crippen LogP contribution in [0.25, 0.3) is 0 Å². The SMILES string of the molecule is CN1CCNCC1c1noc(C2CCCC2)n1. The summed E-state index contributed by atoms with van der Waals surface area (Å²) in [6, 6.07) is 0.266. The highest BCUT2D eigenvalue weighted by Gasteiger charge is 2.28. The summed E-state index contributed by atoms with van der Waals surface area (Å²) in [5.41, 5.74) is 0. The quantitative estimate of drug-likeness (QED) is 0.839. The number of hydrogen-bond donors (Lipinski definition) is 1. The lowest BCUT2D eigenvalue weighted by Gasteiger charge is -2.30. The molecule has 3 rings (SSSR count). The third-order valence-corrected chi connectivity index (χ3v) is 3.97. The maximum Gasteiger partial charge on any atom is 0.229 e. The second kappa shape index (κ2) is 4.74. The number of nitrogens with one attached hydrogen (secondary N) is 1. The fourth-order valence-electron chi connectivity index (χ4n) is 2.82. The van der Waals surface area contributed by atoms with Gasteiger partial charge >= 0.3 is 0 Å². The molecule has 2 aliphatic rings. The van der Waals surface area contributed by atoms with Crippen molar-refractivity contribution in [2.75, 3.05) is 26.7 Å². The molecule has 1 aromatic rings. The molecule has 1 saturated heterocycles. The van der Waals surface area contributed by atoms with Crippen molar-refractivity contribution in [3.05, 3.63) is 11.7 Å². The van der Waals surface area contributed by atoms with Crippen molar-refractivity contribution in [2.24, 2.45) is 0 Å². The molecule has 1 atom stereocenters. The summed E-state index contributed by atoms with van der Waals surface area (Å²) in [4.78, 5) is 6.90. The first kappa shape index (κ1) is 11.2. The molecule has 0 aromatic carbocycles. The van der Waals surface area contributed by atoms with Crippen LogP contribution in [0.4, 0.5) is 0 Å². The van der Waals surface area contributed by atoms with E-state index < -0.39 is 0 Å². The van der Waals surface area contributed by atoms with E-state index in [-0.39, 0.29) is 6.04 Å². The van der Waals surface area contributed by atoms with Gasteiger partial charge in [-0.05, 0) is 19.9 Å².